The van der Waals surface area contributed by atoms with E-state index in [1.807, 2.05) is 91.0 Å². The van der Waals surface area contributed by atoms with E-state index in [0.717, 1.165) is 16.7 Å². The lowest BCUT2D eigenvalue weighted by Gasteiger charge is -2.37. The number of aromatic nitrogens is 2. The minimum atomic E-state index is -2.44. The summed E-state index contributed by atoms with van der Waals surface area (Å²) in [4.78, 5) is 42.5. The van der Waals surface area contributed by atoms with E-state index >= 15 is 0 Å². The molecule has 318 valence electrons. The zero-order valence-electron chi connectivity index (χ0n) is 34.4. The molecule has 62 heavy (non-hydrogen) atoms. The summed E-state index contributed by atoms with van der Waals surface area (Å²) in [7, 11) is 0.574. The van der Waals surface area contributed by atoms with Crippen LogP contribution < -0.4 is 20.7 Å². The normalized spacial score (nSPS) is 17.2. The second-order valence-corrected chi connectivity index (χ2v) is 15.5. The molecule has 1 unspecified atom stereocenters. The minimum Gasteiger partial charge on any atom is -0.497 e. The molecule has 0 aliphatic carbocycles. The fraction of sp³-hybridized carbons (Fsp3) is 0.250. The van der Waals surface area contributed by atoms with Crippen molar-refractivity contribution in [2.24, 2.45) is 0 Å². The molecule has 0 bridgehead atoms. The molecule has 0 amide bonds. The highest BCUT2D eigenvalue weighted by Gasteiger charge is 2.45. The van der Waals surface area contributed by atoms with Crippen molar-refractivity contribution < 1.29 is 37.3 Å². The highest BCUT2D eigenvalue weighted by Crippen LogP contribution is 2.51. The first kappa shape index (κ1) is 43.8. The van der Waals surface area contributed by atoms with Crippen LogP contribution in [-0.4, -0.2) is 55.0 Å². The zero-order valence-corrected chi connectivity index (χ0v) is 35.3. The fourth-order valence-electron chi connectivity index (χ4n) is 7.35. The summed E-state index contributed by atoms with van der Waals surface area (Å²) in [6.45, 7) is 1.45. The van der Waals surface area contributed by atoms with Gasteiger partial charge < -0.3 is 28.0 Å². The van der Waals surface area contributed by atoms with Gasteiger partial charge in [-0.05, 0) is 41.3 Å². The number of Topliss-reactive ketones (excluding diaryl/α,β-unsaturated/α-hetero) is 1. The third kappa shape index (κ3) is 9.93. The zero-order chi connectivity index (χ0) is 43.5. The summed E-state index contributed by atoms with van der Waals surface area (Å²) in [5.41, 5.74) is 1.35. The van der Waals surface area contributed by atoms with Gasteiger partial charge in [0.15, 0.2) is 11.9 Å². The van der Waals surface area contributed by atoms with Gasteiger partial charge in [-0.15, -0.1) is 0 Å². The van der Waals surface area contributed by atoms with E-state index in [2.05, 4.69) is 11.1 Å². The molecule has 0 saturated carbocycles. The summed E-state index contributed by atoms with van der Waals surface area (Å²) in [5, 5.41) is 9.49. The number of hydrogen-bond acceptors (Lipinski definition) is 11. The fourth-order valence-corrected chi connectivity index (χ4v) is 8.60. The van der Waals surface area contributed by atoms with E-state index in [1.165, 1.54) is 25.0 Å². The first-order chi connectivity index (χ1) is 30.2. The van der Waals surface area contributed by atoms with Crippen LogP contribution in [-0.2, 0) is 28.6 Å². The second-order valence-electron chi connectivity index (χ2n) is 14.4. The number of aryl methyl sites for hydroxylation is 1. The van der Waals surface area contributed by atoms with Crippen LogP contribution in [0.25, 0.3) is 0 Å². The molecule has 7 rings (SSSR count). The van der Waals surface area contributed by atoms with Crippen molar-refractivity contribution in [3.63, 3.8) is 0 Å². The number of nitrogens with one attached hydrogen (secondary N) is 1. The van der Waals surface area contributed by atoms with Crippen LogP contribution in [0.4, 0.5) is 0 Å². The summed E-state index contributed by atoms with van der Waals surface area (Å²) in [5.74, 6) is 0.457. The molecule has 14 heteroatoms. The Morgan fingerprint density at radius 1 is 0.855 bits per heavy atom. The van der Waals surface area contributed by atoms with Crippen molar-refractivity contribution in [1.82, 2.24) is 9.55 Å². The number of aromatic amines is 1. The van der Waals surface area contributed by atoms with Crippen molar-refractivity contribution in [3.8, 4) is 17.6 Å². The number of ketones is 1. The van der Waals surface area contributed by atoms with Crippen molar-refractivity contribution in [3.05, 3.63) is 200 Å². The predicted molar refractivity (Wildman–Crippen MR) is 232 cm³/mol. The van der Waals surface area contributed by atoms with Crippen LogP contribution in [0.1, 0.15) is 63.3 Å². The number of H-pyrrole nitrogens is 1. The Labute approximate surface area is 360 Å². The molecule has 1 saturated heterocycles. The maximum atomic E-state index is 14.4. The van der Waals surface area contributed by atoms with E-state index in [4.69, 9.17) is 32.5 Å². The minimum absolute atomic E-state index is 0.00591. The molecule has 1 aliphatic rings. The molecule has 1 aromatic heterocycles. The molecule has 13 nitrogen and oxygen atoms in total. The molecule has 6 aromatic rings. The molecular weight excluding hydrogens is 810 g/mol. The molecule has 2 heterocycles. The van der Waals surface area contributed by atoms with E-state index in [9.17, 15) is 19.6 Å². The van der Waals surface area contributed by atoms with E-state index < -0.39 is 55.8 Å². The van der Waals surface area contributed by atoms with Gasteiger partial charge in [0.25, 0.3) is 5.56 Å². The lowest BCUT2D eigenvalue weighted by molar-refractivity contribution is -0.0933. The smallest absolute Gasteiger partial charge is 0.334 e. The Hall–Kier alpha value is -6.23. The van der Waals surface area contributed by atoms with Crippen LogP contribution in [0.3, 0.4) is 0 Å². The molecule has 0 spiro atoms. The average molecular weight is 856 g/mol. The van der Waals surface area contributed by atoms with Crippen LogP contribution in [0, 0.1) is 18.3 Å². The van der Waals surface area contributed by atoms with Gasteiger partial charge in [0.05, 0.1) is 46.0 Å². The third-order valence-electron chi connectivity index (χ3n) is 10.4. The van der Waals surface area contributed by atoms with Crippen molar-refractivity contribution in [2.75, 3.05) is 27.4 Å². The maximum absolute atomic E-state index is 14.4. The predicted octanol–water partition coefficient (Wildman–Crippen LogP) is 8.34. The highest BCUT2D eigenvalue weighted by atomic mass is 31.2. The first-order valence-corrected chi connectivity index (χ1v) is 21.1. The van der Waals surface area contributed by atoms with Crippen LogP contribution in [0.5, 0.6) is 11.5 Å². The standard InChI is InChI=1S/C48H46N3O10P/c1-33-31-51(47(54)50-46(33)53)43-30-41(42(59-43)32-57-48(36-19-10-5-11-20-36,37-21-12-6-13-22-37)38-23-14-7-15-24-38)60-62(58-26-16-25-49)61-45(44(52)34-17-8-4-9-18-34)35-27-39(55-2)29-40(28-35)56-3/h4-15,17-24,27-29,31,41-43,45H,16,26,30,32H2,1-3H3,(H,50,53,54)/t41-,42+,43+,45+,62?/m0/s1. The highest BCUT2D eigenvalue weighted by molar-refractivity contribution is 7.41. The van der Waals surface area contributed by atoms with E-state index in [-0.39, 0.29) is 26.1 Å². The van der Waals surface area contributed by atoms with Gasteiger partial charge >= 0.3 is 14.3 Å². The molecule has 1 N–H and O–H groups in total. The number of ether oxygens (including phenoxy) is 4. The van der Waals surface area contributed by atoms with Crippen molar-refractivity contribution in [2.45, 2.75) is 49.9 Å². The number of rotatable bonds is 19. The number of nitriles is 1. The number of carbonyl (C=O) groups excluding carboxylic acids is 1. The maximum Gasteiger partial charge on any atom is 0.334 e. The van der Waals surface area contributed by atoms with E-state index in [0.29, 0.717) is 28.2 Å². The monoisotopic (exact) mass is 855 g/mol. The van der Waals surface area contributed by atoms with Gasteiger partial charge in [-0.2, -0.15) is 5.26 Å². The van der Waals surface area contributed by atoms with Gasteiger partial charge in [0.2, 0.25) is 0 Å². The van der Waals surface area contributed by atoms with E-state index in [1.54, 1.807) is 55.5 Å². The molecule has 1 fully saturated rings. The average Bonchev–Trinajstić information content (AvgIpc) is 3.72. The van der Waals surface area contributed by atoms with Crippen LogP contribution in [0.2, 0.25) is 0 Å². The first-order valence-electron chi connectivity index (χ1n) is 20.0. The van der Waals surface area contributed by atoms with Gasteiger partial charge in [-0.25, -0.2) is 4.79 Å². The summed E-state index contributed by atoms with van der Waals surface area (Å²) in [6, 6.07) is 45.3. The van der Waals surface area contributed by atoms with Gasteiger partial charge in [0.1, 0.15) is 29.4 Å². The lowest BCUT2D eigenvalue weighted by atomic mass is 9.80. The summed E-state index contributed by atoms with van der Waals surface area (Å²) in [6.07, 6.45) is -2.41. The number of methoxy groups -OCH3 is 2. The third-order valence-corrected chi connectivity index (χ3v) is 11.7. The Bertz CT molecular complexity index is 2450. The van der Waals surface area contributed by atoms with Crippen molar-refractivity contribution >= 4 is 14.4 Å². The Morgan fingerprint density at radius 3 is 1.94 bits per heavy atom. The number of hydrogen-bond donors (Lipinski definition) is 1. The van der Waals surface area contributed by atoms with Crippen molar-refractivity contribution in [1.29, 1.82) is 5.26 Å². The van der Waals surface area contributed by atoms with Crippen LogP contribution in [0.15, 0.2) is 155 Å². The Morgan fingerprint density at radius 2 is 1.40 bits per heavy atom. The van der Waals surface area contributed by atoms with Gasteiger partial charge in [-0.1, -0.05) is 121 Å². The van der Waals surface area contributed by atoms with Crippen LogP contribution >= 0.6 is 8.60 Å². The molecule has 5 aromatic carbocycles. The Kier molecular flexibility index (Phi) is 14.5. The molecular formula is C48H46N3O10P. The summed E-state index contributed by atoms with van der Waals surface area (Å²) < 4.78 is 45.8. The van der Waals surface area contributed by atoms with Gasteiger partial charge in [0, 0.05) is 29.8 Å². The quantitative estimate of drug-likeness (QED) is 0.0361. The molecule has 1 aliphatic heterocycles. The Balaban J connectivity index is 1.29. The summed E-state index contributed by atoms with van der Waals surface area (Å²) >= 11 is 0. The van der Waals surface area contributed by atoms with Gasteiger partial charge in [-0.3, -0.25) is 23.7 Å². The topological polar surface area (TPSA) is 160 Å². The number of benzene rings is 5. The number of carbonyl (C=O) groups is 1. The number of nitrogens with zero attached hydrogens (tertiary/aromatic N) is 2. The SMILES string of the molecule is COc1cc(OC)cc([C@@H](OP(OCCC#N)O[C@H]2C[C@H](n3cc(C)c(=O)[nH]c3=O)O[C@@H]2COC(c2ccccc2)(c2ccccc2)c2ccccc2)C(=O)c2ccccc2)c1. The molecule has 0 radical (unpaired) electrons. The molecule has 5 atom stereocenters. The largest absolute Gasteiger partial charge is 0.497 e. The second kappa shape index (κ2) is 20.6. The lowest BCUT2D eigenvalue weighted by Crippen LogP contribution is -2.38.